The molecule has 0 aliphatic heterocycles. The van der Waals surface area contributed by atoms with Gasteiger partial charge in [-0.15, -0.1) is 0 Å². The molecule has 0 aliphatic rings. The van der Waals surface area contributed by atoms with Gasteiger partial charge in [-0.05, 0) is 6.42 Å². The minimum absolute atomic E-state index is 0.0980. The van der Waals surface area contributed by atoms with Crippen molar-refractivity contribution >= 4 is 0 Å². The largest absolute Gasteiger partial charge is 0.511 e. The Morgan fingerprint density at radius 2 is 1.80 bits per heavy atom. The molecule has 0 aliphatic carbocycles. The van der Waals surface area contributed by atoms with Gasteiger partial charge in [-0.1, -0.05) is 39.0 Å². The van der Waals surface area contributed by atoms with Crippen LogP contribution in [0.5, 0.6) is 0 Å². The second kappa shape index (κ2) is 11.4. The van der Waals surface area contributed by atoms with Crippen LogP contribution in [0.2, 0.25) is 0 Å². The van der Waals surface area contributed by atoms with Crippen LogP contribution in [0.15, 0.2) is 12.0 Å². The van der Waals surface area contributed by atoms with Crippen LogP contribution in [0.25, 0.3) is 0 Å². The SMILES string of the molecule is CCCCCCCC/C(O)=C/NCCO. The van der Waals surface area contributed by atoms with E-state index < -0.39 is 0 Å². The van der Waals surface area contributed by atoms with Gasteiger partial charge in [-0.25, -0.2) is 0 Å². The third-order valence-electron chi connectivity index (χ3n) is 2.31. The molecule has 0 heterocycles. The maximum Gasteiger partial charge on any atom is 0.108 e. The van der Waals surface area contributed by atoms with Gasteiger partial charge in [0, 0.05) is 19.2 Å². The van der Waals surface area contributed by atoms with E-state index in [1.54, 1.807) is 6.20 Å². The molecule has 0 bridgehead atoms. The lowest BCUT2D eigenvalue weighted by Gasteiger charge is -2.02. The minimum Gasteiger partial charge on any atom is -0.511 e. The molecule has 0 saturated heterocycles. The summed E-state index contributed by atoms with van der Waals surface area (Å²) < 4.78 is 0. The van der Waals surface area contributed by atoms with Gasteiger partial charge < -0.3 is 15.5 Å². The molecule has 15 heavy (non-hydrogen) atoms. The van der Waals surface area contributed by atoms with Crippen LogP contribution in [0.4, 0.5) is 0 Å². The van der Waals surface area contributed by atoms with Crippen LogP contribution in [0.1, 0.15) is 51.9 Å². The summed E-state index contributed by atoms with van der Waals surface area (Å²) in [5.74, 6) is 0.388. The average Bonchev–Trinajstić information content (AvgIpc) is 2.23. The summed E-state index contributed by atoms with van der Waals surface area (Å²) in [6.45, 7) is 2.81. The third-order valence-corrected chi connectivity index (χ3v) is 2.31. The molecule has 0 saturated carbocycles. The molecule has 0 unspecified atom stereocenters. The fourth-order valence-corrected chi connectivity index (χ4v) is 1.41. The van der Waals surface area contributed by atoms with E-state index in [0.29, 0.717) is 12.3 Å². The topological polar surface area (TPSA) is 52.5 Å². The third kappa shape index (κ3) is 11.2. The zero-order valence-corrected chi connectivity index (χ0v) is 9.84. The molecule has 0 atom stereocenters. The van der Waals surface area contributed by atoms with Crippen molar-refractivity contribution in [2.45, 2.75) is 51.9 Å². The number of hydrogen-bond acceptors (Lipinski definition) is 3. The van der Waals surface area contributed by atoms with E-state index in [1.807, 2.05) is 0 Å². The molecule has 0 rings (SSSR count). The Labute approximate surface area is 93.2 Å². The first-order valence-electron chi connectivity index (χ1n) is 6.03. The summed E-state index contributed by atoms with van der Waals surface area (Å²) in [6.07, 6.45) is 9.74. The number of aliphatic hydroxyl groups is 2. The van der Waals surface area contributed by atoms with E-state index >= 15 is 0 Å². The fourth-order valence-electron chi connectivity index (χ4n) is 1.41. The Balaban J connectivity index is 3.22. The summed E-state index contributed by atoms with van der Waals surface area (Å²) in [6, 6.07) is 0. The van der Waals surface area contributed by atoms with Crippen molar-refractivity contribution in [1.82, 2.24) is 5.32 Å². The number of rotatable bonds is 10. The molecule has 3 heteroatoms. The zero-order chi connectivity index (χ0) is 11.4. The van der Waals surface area contributed by atoms with E-state index in [9.17, 15) is 5.11 Å². The molecule has 3 nitrogen and oxygen atoms in total. The number of unbranched alkanes of at least 4 members (excludes halogenated alkanes) is 5. The quantitative estimate of drug-likeness (QED) is 0.388. The molecule has 0 spiro atoms. The molecule has 90 valence electrons. The Morgan fingerprint density at radius 3 is 2.47 bits per heavy atom. The standard InChI is InChI=1S/C12H25NO2/c1-2-3-4-5-6-7-8-12(15)11-13-9-10-14/h11,13-15H,2-10H2,1H3/b12-11-. The van der Waals surface area contributed by atoms with Crippen molar-refractivity contribution in [3.8, 4) is 0 Å². The Morgan fingerprint density at radius 1 is 1.13 bits per heavy atom. The highest BCUT2D eigenvalue weighted by atomic mass is 16.3. The molecule has 0 aromatic heterocycles. The van der Waals surface area contributed by atoms with Gasteiger partial charge in [-0.3, -0.25) is 0 Å². The fraction of sp³-hybridized carbons (Fsp3) is 0.833. The molecular formula is C12H25NO2. The second-order valence-corrected chi connectivity index (χ2v) is 3.83. The van der Waals surface area contributed by atoms with Gasteiger partial charge in [-0.2, -0.15) is 0 Å². The first-order chi connectivity index (χ1) is 7.31. The van der Waals surface area contributed by atoms with Crippen LogP contribution < -0.4 is 5.32 Å². The van der Waals surface area contributed by atoms with Crippen molar-refractivity contribution in [2.24, 2.45) is 0 Å². The first kappa shape index (κ1) is 14.3. The van der Waals surface area contributed by atoms with Gasteiger partial charge >= 0.3 is 0 Å². The van der Waals surface area contributed by atoms with Crippen LogP contribution in [0.3, 0.4) is 0 Å². The van der Waals surface area contributed by atoms with Gasteiger partial charge in [0.15, 0.2) is 0 Å². The lowest BCUT2D eigenvalue weighted by molar-refractivity contribution is 0.297. The van der Waals surface area contributed by atoms with Crippen LogP contribution >= 0.6 is 0 Å². The highest BCUT2D eigenvalue weighted by Gasteiger charge is 1.94. The highest BCUT2D eigenvalue weighted by molar-refractivity contribution is 4.88. The maximum atomic E-state index is 9.40. The van der Waals surface area contributed by atoms with E-state index in [-0.39, 0.29) is 6.61 Å². The van der Waals surface area contributed by atoms with Crippen molar-refractivity contribution in [2.75, 3.05) is 13.2 Å². The lowest BCUT2D eigenvalue weighted by atomic mass is 10.1. The average molecular weight is 215 g/mol. The predicted octanol–water partition coefficient (Wildman–Crippen LogP) is 2.72. The maximum absolute atomic E-state index is 9.40. The number of allylic oxidation sites excluding steroid dienone is 1. The number of nitrogens with one attached hydrogen (secondary N) is 1. The van der Waals surface area contributed by atoms with Crippen LogP contribution in [-0.4, -0.2) is 23.4 Å². The summed E-state index contributed by atoms with van der Waals surface area (Å²) in [5, 5.41) is 20.7. The molecule has 0 aromatic carbocycles. The van der Waals surface area contributed by atoms with Gasteiger partial charge in [0.1, 0.15) is 5.76 Å². The molecule has 0 aromatic rings. The summed E-state index contributed by atoms with van der Waals surface area (Å²) >= 11 is 0. The number of aliphatic hydroxyl groups excluding tert-OH is 2. The smallest absolute Gasteiger partial charge is 0.108 e. The van der Waals surface area contributed by atoms with Gasteiger partial charge in [0.05, 0.1) is 6.61 Å². The van der Waals surface area contributed by atoms with Gasteiger partial charge in [0.25, 0.3) is 0 Å². The normalized spacial score (nSPS) is 11.7. The molecule has 3 N–H and O–H groups in total. The molecule has 0 radical (unpaired) electrons. The van der Waals surface area contributed by atoms with E-state index in [1.165, 1.54) is 32.1 Å². The Bertz CT molecular complexity index is 158. The van der Waals surface area contributed by atoms with Crippen molar-refractivity contribution in [3.05, 3.63) is 12.0 Å². The summed E-state index contributed by atoms with van der Waals surface area (Å²) in [7, 11) is 0. The summed E-state index contributed by atoms with van der Waals surface area (Å²) in [5.41, 5.74) is 0. The van der Waals surface area contributed by atoms with Crippen molar-refractivity contribution in [1.29, 1.82) is 0 Å². The monoisotopic (exact) mass is 215 g/mol. The van der Waals surface area contributed by atoms with Crippen molar-refractivity contribution in [3.63, 3.8) is 0 Å². The predicted molar refractivity (Wildman–Crippen MR) is 63.8 cm³/mol. The Kier molecular flexibility index (Phi) is 10.8. The molecular weight excluding hydrogens is 190 g/mol. The van der Waals surface area contributed by atoms with Crippen LogP contribution in [-0.2, 0) is 0 Å². The van der Waals surface area contributed by atoms with Gasteiger partial charge in [0.2, 0.25) is 0 Å². The Hall–Kier alpha value is -0.700. The second-order valence-electron chi connectivity index (χ2n) is 3.83. The zero-order valence-electron chi connectivity index (χ0n) is 9.84. The molecule has 0 amide bonds. The van der Waals surface area contributed by atoms with E-state index in [0.717, 1.165) is 12.8 Å². The first-order valence-corrected chi connectivity index (χ1v) is 6.03. The van der Waals surface area contributed by atoms with Crippen molar-refractivity contribution < 1.29 is 10.2 Å². The van der Waals surface area contributed by atoms with E-state index in [2.05, 4.69) is 12.2 Å². The summed E-state index contributed by atoms with van der Waals surface area (Å²) in [4.78, 5) is 0. The minimum atomic E-state index is 0.0980. The lowest BCUT2D eigenvalue weighted by Crippen LogP contribution is -2.11. The van der Waals surface area contributed by atoms with Crippen LogP contribution in [0, 0.1) is 0 Å². The highest BCUT2D eigenvalue weighted by Crippen LogP contribution is 2.09. The molecule has 0 fully saturated rings. The number of hydrogen-bond donors (Lipinski definition) is 3. The van der Waals surface area contributed by atoms with E-state index in [4.69, 9.17) is 5.11 Å².